The molecule has 0 bridgehead atoms. The van der Waals surface area contributed by atoms with Crippen LogP contribution in [0.1, 0.15) is 42.3 Å². The van der Waals surface area contributed by atoms with Crippen LogP contribution < -0.4 is 15.8 Å². The molecule has 168 valence electrons. The molecule has 0 aliphatic carbocycles. The van der Waals surface area contributed by atoms with Crippen molar-refractivity contribution in [1.29, 1.82) is 0 Å². The van der Waals surface area contributed by atoms with Crippen molar-refractivity contribution in [2.24, 2.45) is 0 Å². The summed E-state index contributed by atoms with van der Waals surface area (Å²) in [5.41, 5.74) is 10.7. The Hall–Kier alpha value is -3.14. The van der Waals surface area contributed by atoms with Crippen molar-refractivity contribution in [3.63, 3.8) is 0 Å². The lowest BCUT2D eigenvalue weighted by Gasteiger charge is -2.12. The van der Waals surface area contributed by atoms with Crippen molar-refractivity contribution >= 4 is 40.7 Å². The largest absolute Gasteiger partial charge is 0.496 e. The Morgan fingerprint density at radius 1 is 1.34 bits per heavy atom. The number of rotatable bonds is 7. The minimum Gasteiger partial charge on any atom is -0.496 e. The highest BCUT2D eigenvalue weighted by Gasteiger charge is 2.24. The van der Waals surface area contributed by atoms with Crippen molar-refractivity contribution in [2.75, 3.05) is 25.1 Å². The molecule has 0 spiro atoms. The highest BCUT2D eigenvalue weighted by atomic mass is 32.2. The summed E-state index contributed by atoms with van der Waals surface area (Å²) >= 11 is 1.47. The van der Waals surface area contributed by atoms with Crippen LogP contribution in [0.15, 0.2) is 16.8 Å². The first kappa shape index (κ1) is 22.1. The van der Waals surface area contributed by atoms with Crippen LogP contribution in [0, 0.1) is 13.8 Å². The predicted octanol–water partition coefficient (Wildman–Crippen LogP) is 2.88. The smallest absolute Gasteiger partial charge is 0.248 e. The lowest BCUT2D eigenvalue weighted by Crippen LogP contribution is -2.26. The number of hydrogen-bond donors (Lipinski definition) is 2. The molecule has 0 saturated heterocycles. The van der Waals surface area contributed by atoms with Gasteiger partial charge in [0.2, 0.25) is 11.9 Å². The second kappa shape index (κ2) is 9.15. The molecule has 1 aliphatic rings. The molecule has 0 unspecified atom stereocenters. The minimum absolute atomic E-state index is 0.0804. The predicted molar refractivity (Wildman–Crippen MR) is 126 cm³/mol. The molecule has 10 heteroatoms. The van der Waals surface area contributed by atoms with Crippen LogP contribution in [0.2, 0.25) is 0 Å². The zero-order chi connectivity index (χ0) is 22.8. The molecule has 0 aromatic carbocycles. The number of thioether (sulfide) groups is 1. The monoisotopic (exact) mass is 453 g/mol. The van der Waals surface area contributed by atoms with Gasteiger partial charge < -0.3 is 15.8 Å². The number of ether oxygens (including phenoxy) is 1. The van der Waals surface area contributed by atoms with E-state index in [9.17, 15) is 4.79 Å². The zero-order valence-electron chi connectivity index (χ0n) is 18.7. The van der Waals surface area contributed by atoms with Gasteiger partial charge in [-0.2, -0.15) is 10.1 Å². The van der Waals surface area contributed by atoms with Crippen molar-refractivity contribution in [2.45, 2.75) is 45.2 Å². The molecule has 3 aromatic rings. The van der Waals surface area contributed by atoms with Crippen LogP contribution in [-0.2, 0) is 11.3 Å². The molecule has 9 nitrogen and oxygen atoms in total. The number of nitrogen functional groups attached to an aromatic ring is 1. The standard InChI is InChI=1S/C22H27N7O2S/c1-5-6-7-24-20(30)14-8-15-17-19(26-22(23)27-21(17)32-11-14)29(28-15)10-16-13(3)18(31-4)12(2)9-25-16/h8-9H,5-7,10-11H2,1-4H3,(H,24,30)(H2,23,26,27). The molecule has 1 amide bonds. The van der Waals surface area contributed by atoms with Crippen molar-refractivity contribution in [3.8, 4) is 5.75 Å². The third-order valence-corrected chi connectivity index (χ3v) is 6.46. The van der Waals surface area contributed by atoms with E-state index in [0.717, 1.165) is 45.8 Å². The number of nitrogens with one attached hydrogen (secondary N) is 1. The summed E-state index contributed by atoms with van der Waals surface area (Å²) in [5, 5.41) is 9.29. The van der Waals surface area contributed by atoms with Gasteiger partial charge in [-0.1, -0.05) is 13.3 Å². The normalized spacial score (nSPS) is 13.1. The van der Waals surface area contributed by atoms with E-state index in [2.05, 4.69) is 27.2 Å². The highest BCUT2D eigenvalue weighted by Crippen LogP contribution is 2.35. The fourth-order valence-electron chi connectivity index (χ4n) is 3.75. The van der Waals surface area contributed by atoms with Gasteiger partial charge in [0, 0.05) is 35.2 Å². The summed E-state index contributed by atoms with van der Waals surface area (Å²) in [6, 6.07) is 0. The number of carbonyl (C=O) groups excluding carboxylic acids is 1. The summed E-state index contributed by atoms with van der Waals surface area (Å²) < 4.78 is 7.31. The zero-order valence-corrected chi connectivity index (χ0v) is 19.5. The SMILES string of the molecule is CCCCNC(=O)C1=Cc2nn(Cc3ncc(C)c(OC)c3C)c3nc(N)nc(c23)SC1. The molecular weight excluding hydrogens is 426 g/mol. The molecule has 0 saturated carbocycles. The molecule has 4 heterocycles. The Balaban J connectivity index is 1.76. The molecule has 32 heavy (non-hydrogen) atoms. The first-order valence-electron chi connectivity index (χ1n) is 10.6. The molecular formula is C22H27N7O2S. The summed E-state index contributed by atoms with van der Waals surface area (Å²) in [7, 11) is 1.65. The summed E-state index contributed by atoms with van der Waals surface area (Å²) in [6.45, 7) is 7.08. The lowest BCUT2D eigenvalue weighted by molar-refractivity contribution is -0.117. The van der Waals surface area contributed by atoms with Gasteiger partial charge in [0.1, 0.15) is 10.8 Å². The number of hydrogen-bond acceptors (Lipinski definition) is 8. The average molecular weight is 454 g/mol. The molecule has 3 aromatic heterocycles. The Kier molecular flexibility index (Phi) is 6.31. The van der Waals surface area contributed by atoms with Gasteiger partial charge >= 0.3 is 0 Å². The summed E-state index contributed by atoms with van der Waals surface area (Å²) in [6.07, 6.45) is 5.59. The first-order chi connectivity index (χ1) is 15.4. The van der Waals surface area contributed by atoms with Gasteiger partial charge in [-0.25, -0.2) is 9.67 Å². The highest BCUT2D eigenvalue weighted by molar-refractivity contribution is 7.99. The minimum atomic E-state index is -0.0804. The molecule has 3 N–H and O–H groups in total. The second-order valence-electron chi connectivity index (χ2n) is 7.74. The van der Waals surface area contributed by atoms with E-state index < -0.39 is 0 Å². The number of nitrogens with two attached hydrogens (primary N) is 1. The number of unbranched alkanes of at least 4 members (excludes halogenated alkanes) is 1. The first-order valence-corrected chi connectivity index (χ1v) is 11.6. The van der Waals surface area contributed by atoms with Crippen LogP contribution in [0.3, 0.4) is 0 Å². The molecule has 0 atom stereocenters. The van der Waals surface area contributed by atoms with E-state index in [0.29, 0.717) is 35.8 Å². The Morgan fingerprint density at radius 2 is 2.16 bits per heavy atom. The summed E-state index contributed by atoms with van der Waals surface area (Å²) in [4.78, 5) is 26.2. The van der Waals surface area contributed by atoms with Crippen LogP contribution in [-0.4, -0.2) is 50.0 Å². The topological polar surface area (TPSA) is 121 Å². The summed E-state index contributed by atoms with van der Waals surface area (Å²) in [5.74, 6) is 1.40. The number of carbonyl (C=O) groups is 1. The molecule has 4 rings (SSSR count). The third-order valence-electron chi connectivity index (χ3n) is 5.44. The average Bonchev–Trinajstić information content (AvgIpc) is 2.98. The maximum atomic E-state index is 12.7. The Labute approximate surface area is 190 Å². The fraction of sp³-hybridized carbons (Fsp3) is 0.409. The number of amides is 1. The third kappa shape index (κ3) is 4.14. The van der Waals surface area contributed by atoms with Crippen molar-refractivity contribution in [3.05, 3.63) is 34.3 Å². The number of pyridine rings is 1. The second-order valence-corrected chi connectivity index (χ2v) is 8.71. The van der Waals surface area contributed by atoms with Crippen LogP contribution in [0.25, 0.3) is 17.1 Å². The van der Waals surface area contributed by atoms with E-state index in [-0.39, 0.29) is 11.9 Å². The van der Waals surface area contributed by atoms with Crippen LogP contribution >= 0.6 is 11.8 Å². The van der Waals surface area contributed by atoms with E-state index in [4.69, 9.17) is 15.6 Å². The Morgan fingerprint density at radius 3 is 2.91 bits per heavy atom. The van der Waals surface area contributed by atoms with E-state index in [1.54, 1.807) is 18.0 Å². The van der Waals surface area contributed by atoms with Gasteiger partial charge in [0.05, 0.1) is 30.4 Å². The number of methoxy groups -OCH3 is 1. The lowest BCUT2D eigenvalue weighted by atomic mass is 10.1. The van der Waals surface area contributed by atoms with E-state index >= 15 is 0 Å². The fourth-order valence-corrected chi connectivity index (χ4v) is 4.75. The van der Waals surface area contributed by atoms with E-state index in [1.807, 2.05) is 19.9 Å². The van der Waals surface area contributed by atoms with Crippen LogP contribution in [0.5, 0.6) is 5.75 Å². The van der Waals surface area contributed by atoms with E-state index in [1.165, 1.54) is 11.8 Å². The number of aromatic nitrogens is 5. The number of nitrogens with zero attached hydrogens (tertiary/aromatic N) is 5. The van der Waals surface area contributed by atoms with Gasteiger partial charge in [0.25, 0.3) is 0 Å². The van der Waals surface area contributed by atoms with Crippen molar-refractivity contribution < 1.29 is 9.53 Å². The Bertz CT molecular complexity index is 1220. The molecule has 0 fully saturated rings. The number of anilines is 1. The van der Waals surface area contributed by atoms with Gasteiger partial charge in [-0.05, 0) is 26.3 Å². The number of aryl methyl sites for hydroxylation is 1. The maximum Gasteiger partial charge on any atom is 0.248 e. The van der Waals surface area contributed by atoms with Crippen molar-refractivity contribution in [1.82, 2.24) is 30.0 Å². The van der Waals surface area contributed by atoms with Crippen LogP contribution in [0.4, 0.5) is 5.95 Å². The van der Waals surface area contributed by atoms with Gasteiger partial charge in [0.15, 0.2) is 5.65 Å². The maximum absolute atomic E-state index is 12.7. The molecule has 1 aliphatic heterocycles. The van der Waals surface area contributed by atoms with Gasteiger partial charge in [-0.3, -0.25) is 9.78 Å². The quantitative estimate of drug-likeness (QED) is 0.414. The molecule has 0 radical (unpaired) electrons. The van der Waals surface area contributed by atoms with Gasteiger partial charge in [-0.15, -0.1) is 11.8 Å².